The van der Waals surface area contributed by atoms with Crippen LogP contribution in [-0.2, 0) is 20.9 Å². The topological polar surface area (TPSA) is 53.1 Å². The fourth-order valence-electron chi connectivity index (χ4n) is 3.65. The summed E-state index contributed by atoms with van der Waals surface area (Å²) in [5.74, 6) is 0.266. The van der Waals surface area contributed by atoms with Gasteiger partial charge < -0.3 is 14.5 Å². The molecule has 0 radical (unpaired) electrons. The van der Waals surface area contributed by atoms with Gasteiger partial charge in [-0.3, -0.25) is 14.5 Å². The zero-order valence-corrected chi connectivity index (χ0v) is 15.6. The summed E-state index contributed by atoms with van der Waals surface area (Å²) in [4.78, 5) is 31.5. The van der Waals surface area contributed by atoms with Crippen molar-refractivity contribution in [2.24, 2.45) is 0 Å². The number of hydrogen-bond donors (Lipinski definition) is 0. The largest absolute Gasteiger partial charge is 0.379 e. The van der Waals surface area contributed by atoms with E-state index in [0.29, 0.717) is 45.8 Å². The van der Waals surface area contributed by atoms with Crippen LogP contribution in [0.5, 0.6) is 0 Å². The molecule has 2 aliphatic heterocycles. The summed E-state index contributed by atoms with van der Waals surface area (Å²) >= 11 is 0. The van der Waals surface area contributed by atoms with Gasteiger partial charge in [-0.25, -0.2) is 0 Å². The molecule has 0 saturated carbocycles. The zero-order valence-electron chi connectivity index (χ0n) is 15.6. The van der Waals surface area contributed by atoms with Crippen LogP contribution in [0.15, 0.2) is 30.3 Å². The van der Waals surface area contributed by atoms with Crippen LogP contribution < -0.4 is 0 Å². The molecule has 2 aliphatic rings. The molecule has 1 aromatic carbocycles. The van der Waals surface area contributed by atoms with Crippen molar-refractivity contribution in [2.45, 2.75) is 32.4 Å². The van der Waals surface area contributed by atoms with Crippen molar-refractivity contribution in [3.63, 3.8) is 0 Å². The number of amides is 2. The Kier molecular flexibility index (Phi) is 6.63. The van der Waals surface area contributed by atoms with Gasteiger partial charge in [-0.05, 0) is 12.0 Å². The van der Waals surface area contributed by atoms with Gasteiger partial charge in [-0.2, -0.15) is 0 Å². The Balaban J connectivity index is 1.64. The van der Waals surface area contributed by atoms with E-state index in [2.05, 4.69) is 11.8 Å². The molecular weight excluding hydrogens is 330 g/mol. The summed E-state index contributed by atoms with van der Waals surface area (Å²) in [6, 6.07) is 10.1. The van der Waals surface area contributed by atoms with Crippen molar-refractivity contribution in [3.05, 3.63) is 35.9 Å². The molecule has 26 heavy (non-hydrogen) atoms. The van der Waals surface area contributed by atoms with Crippen molar-refractivity contribution in [2.75, 3.05) is 45.9 Å². The molecule has 2 saturated heterocycles. The van der Waals surface area contributed by atoms with Crippen molar-refractivity contribution in [1.29, 1.82) is 0 Å². The van der Waals surface area contributed by atoms with Crippen LogP contribution in [0.1, 0.15) is 25.3 Å². The summed E-state index contributed by atoms with van der Waals surface area (Å²) < 4.78 is 5.35. The molecule has 0 unspecified atom stereocenters. The minimum Gasteiger partial charge on any atom is -0.379 e. The van der Waals surface area contributed by atoms with Gasteiger partial charge in [0.1, 0.15) is 0 Å². The Labute approximate surface area is 155 Å². The Morgan fingerprint density at radius 2 is 1.88 bits per heavy atom. The lowest BCUT2D eigenvalue weighted by molar-refractivity contribution is -0.134. The lowest BCUT2D eigenvalue weighted by Gasteiger charge is -2.33. The first-order valence-electron chi connectivity index (χ1n) is 9.58. The predicted molar refractivity (Wildman–Crippen MR) is 99.5 cm³/mol. The van der Waals surface area contributed by atoms with Crippen molar-refractivity contribution in [1.82, 2.24) is 14.7 Å². The highest BCUT2D eigenvalue weighted by Crippen LogP contribution is 2.18. The first-order chi connectivity index (χ1) is 12.7. The van der Waals surface area contributed by atoms with Crippen LogP contribution in [-0.4, -0.2) is 78.5 Å². The summed E-state index contributed by atoms with van der Waals surface area (Å²) in [7, 11) is 0. The van der Waals surface area contributed by atoms with E-state index in [1.807, 2.05) is 40.1 Å². The van der Waals surface area contributed by atoms with Gasteiger partial charge in [0.2, 0.25) is 11.8 Å². The number of morpholine rings is 1. The molecule has 0 aromatic heterocycles. The second kappa shape index (κ2) is 9.14. The van der Waals surface area contributed by atoms with Crippen LogP contribution in [0.4, 0.5) is 0 Å². The Morgan fingerprint density at radius 3 is 2.58 bits per heavy atom. The highest BCUT2D eigenvalue weighted by molar-refractivity contribution is 5.81. The maximum Gasteiger partial charge on any atom is 0.236 e. The molecule has 1 aromatic rings. The number of rotatable bonds is 5. The molecule has 6 heteroatoms. The third-order valence-electron chi connectivity index (χ3n) is 5.27. The first kappa shape index (κ1) is 18.9. The van der Waals surface area contributed by atoms with Crippen molar-refractivity contribution < 1.29 is 14.3 Å². The number of carbonyl (C=O) groups excluding carboxylic acids is 2. The van der Waals surface area contributed by atoms with Crippen LogP contribution in [0.2, 0.25) is 0 Å². The van der Waals surface area contributed by atoms with Gasteiger partial charge in [0.05, 0.1) is 19.8 Å². The lowest BCUT2D eigenvalue weighted by Crippen LogP contribution is -2.48. The second-order valence-corrected chi connectivity index (χ2v) is 7.05. The third-order valence-corrected chi connectivity index (χ3v) is 5.27. The van der Waals surface area contributed by atoms with Gasteiger partial charge in [-0.1, -0.05) is 37.3 Å². The Hall–Kier alpha value is -1.92. The third kappa shape index (κ3) is 4.83. The molecule has 3 rings (SSSR count). The number of hydrogen-bond acceptors (Lipinski definition) is 4. The van der Waals surface area contributed by atoms with E-state index < -0.39 is 0 Å². The monoisotopic (exact) mass is 359 g/mol. The maximum absolute atomic E-state index is 12.8. The summed E-state index contributed by atoms with van der Waals surface area (Å²) in [5.41, 5.74) is 1.13. The second-order valence-electron chi connectivity index (χ2n) is 7.05. The fraction of sp³-hybridized carbons (Fsp3) is 0.600. The van der Waals surface area contributed by atoms with Gasteiger partial charge in [0.25, 0.3) is 0 Å². The lowest BCUT2D eigenvalue weighted by atomic mass is 10.1. The van der Waals surface area contributed by atoms with Gasteiger partial charge in [0, 0.05) is 45.2 Å². The quantitative estimate of drug-likeness (QED) is 0.797. The van der Waals surface area contributed by atoms with Crippen LogP contribution >= 0.6 is 0 Å². The number of carbonyl (C=O) groups is 2. The molecule has 0 aliphatic carbocycles. The Morgan fingerprint density at radius 1 is 1.15 bits per heavy atom. The molecule has 0 N–H and O–H groups in total. The van der Waals surface area contributed by atoms with E-state index >= 15 is 0 Å². The SMILES string of the molecule is CC[C@@H]1CN(C(=O)CN2CCOCC2)CCC(=O)N1Cc1ccccc1. The van der Waals surface area contributed by atoms with E-state index in [9.17, 15) is 9.59 Å². The molecule has 142 valence electrons. The molecule has 2 amide bonds. The van der Waals surface area contributed by atoms with Gasteiger partial charge in [-0.15, -0.1) is 0 Å². The van der Waals surface area contributed by atoms with Gasteiger partial charge >= 0.3 is 0 Å². The highest BCUT2D eigenvalue weighted by Gasteiger charge is 2.31. The molecule has 2 fully saturated rings. The average Bonchev–Trinajstić information content (AvgIpc) is 2.83. The minimum atomic E-state index is 0.0684. The molecule has 0 bridgehead atoms. The molecule has 0 spiro atoms. The zero-order chi connectivity index (χ0) is 18.4. The maximum atomic E-state index is 12.8. The first-order valence-corrected chi connectivity index (χ1v) is 9.58. The molecular formula is C20H29N3O3. The van der Waals surface area contributed by atoms with E-state index in [1.165, 1.54) is 0 Å². The van der Waals surface area contributed by atoms with Crippen molar-refractivity contribution in [3.8, 4) is 0 Å². The minimum absolute atomic E-state index is 0.0684. The predicted octanol–water partition coefficient (Wildman–Crippen LogP) is 1.36. The standard InChI is InChI=1S/C20H29N3O3/c1-2-18-15-22(20(25)16-21-10-12-26-13-11-21)9-8-19(24)23(18)14-17-6-4-3-5-7-17/h3-7,18H,2,8-16H2,1H3/t18-/m1/s1. The molecule has 1 atom stereocenters. The summed E-state index contributed by atoms with van der Waals surface area (Å²) in [6.45, 7) is 7.25. The van der Waals surface area contributed by atoms with Crippen LogP contribution in [0.3, 0.4) is 0 Å². The smallest absolute Gasteiger partial charge is 0.236 e. The molecule has 6 nitrogen and oxygen atoms in total. The summed E-state index contributed by atoms with van der Waals surface area (Å²) in [6.07, 6.45) is 1.25. The van der Waals surface area contributed by atoms with E-state index in [0.717, 1.165) is 25.1 Å². The summed E-state index contributed by atoms with van der Waals surface area (Å²) in [5, 5.41) is 0. The number of nitrogens with zero attached hydrogens (tertiary/aromatic N) is 3. The normalized spacial score (nSPS) is 22.3. The highest BCUT2D eigenvalue weighted by atomic mass is 16.5. The number of benzene rings is 1. The Bertz CT molecular complexity index is 602. The number of ether oxygens (including phenoxy) is 1. The van der Waals surface area contributed by atoms with E-state index in [-0.39, 0.29) is 17.9 Å². The van der Waals surface area contributed by atoms with E-state index in [1.54, 1.807) is 0 Å². The fourth-order valence-corrected chi connectivity index (χ4v) is 3.65. The van der Waals surface area contributed by atoms with Gasteiger partial charge in [0.15, 0.2) is 0 Å². The molecule has 2 heterocycles. The van der Waals surface area contributed by atoms with Crippen molar-refractivity contribution >= 4 is 11.8 Å². The van der Waals surface area contributed by atoms with E-state index in [4.69, 9.17) is 4.74 Å². The van der Waals surface area contributed by atoms with Crippen LogP contribution in [0, 0.1) is 0 Å². The average molecular weight is 359 g/mol. The van der Waals surface area contributed by atoms with Crippen LogP contribution in [0.25, 0.3) is 0 Å².